The maximum Gasteiger partial charge on any atom is 0.193 e. The highest BCUT2D eigenvalue weighted by Crippen LogP contribution is 2.38. The summed E-state index contributed by atoms with van der Waals surface area (Å²) in [6, 6.07) is 0.657. The Labute approximate surface area is 147 Å². The van der Waals surface area contributed by atoms with Crippen molar-refractivity contribution < 1.29 is 4.74 Å². The summed E-state index contributed by atoms with van der Waals surface area (Å²) in [5, 5.41) is 3.68. The van der Waals surface area contributed by atoms with Crippen LogP contribution in [-0.4, -0.2) is 74.8 Å². The number of aliphatic imine (C=N–C) groups is 1. The molecule has 1 spiro atoms. The number of piperidine rings is 1. The van der Waals surface area contributed by atoms with Crippen molar-refractivity contribution >= 4 is 5.96 Å². The maximum atomic E-state index is 5.66. The predicted octanol–water partition coefficient (Wildman–Crippen LogP) is 2.18. The lowest BCUT2D eigenvalue weighted by Crippen LogP contribution is -2.50. The molecule has 1 N–H and O–H groups in total. The van der Waals surface area contributed by atoms with E-state index in [0.717, 1.165) is 44.7 Å². The van der Waals surface area contributed by atoms with E-state index in [1.807, 2.05) is 7.05 Å². The van der Waals surface area contributed by atoms with Crippen molar-refractivity contribution in [3.8, 4) is 0 Å². The highest BCUT2D eigenvalue weighted by atomic mass is 16.5. The maximum absolute atomic E-state index is 5.66. The topological polar surface area (TPSA) is 40.1 Å². The van der Waals surface area contributed by atoms with E-state index in [-0.39, 0.29) is 0 Å². The van der Waals surface area contributed by atoms with E-state index in [2.05, 4.69) is 34.0 Å². The zero-order valence-electron chi connectivity index (χ0n) is 15.9. The van der Waals surface area contributed by atoms with Crippen molar-refractivity contribution in [3.05, 3.63) is 0 Å². The van der Waals surface area contributed by atoms with Crippen molar-refractivity contribution in [2.45, 2.75) is 52.0 Å². The quantitative estimate of drug-likeness (QED) is 0.631. The molecule has 5 nitrogen and oxygen atoms in total. The summed E-state index contributed by atoms with van der Waals surface area (Å²) in [4.78, 5) is 9.70. The number of hydrogen-bond acceptors (Lipinski definition) is 3. The SMILES string of the molecule is CN=C(NCC1CCCCN1CC(C)C)N1CCC2(CCOC2)C1. The summed E-state index contributed by atoms with van der Waals surface area (Å²) in [6.07, 6.45) is 6.49. The molecule has 0 aromatic carbocycles. The highest BCUT2D eigenvalue weighted by molar-refractivity contribution is 5.80. The van der Waals surface area contributed by atoms with Crippen LogP contribution in [0.25, 0.3) is 0 Å². The lowest BCUT2D eigenvalue weighted by atomic mass is 9.87. The van der Waals surface area contributed by atoms with Crippen LogP contribution >= 0.6 is 0 Å². The number of nitrogens with one attached hydrogen (secondary N) is 1. The number of guanidine groups is 1. The largest absolute Gasteiger partial charge is 0.381 e. The van der Waals surface area contributed by atoms with Crippen LogP contribution in [0.4, 0.5) is 0 Å². The Kier molecular flexibility index (Phi) is 6.03. The average molecular weight is 337 g/mol. The van der Waals surface area contributed by atoms with Gasteiger partial charge in [-0.3, -0.25) is 9.89 Å². The first-order chi connectivity index (χ1) is 11.6. The Morgan fingerprint density at radius 3 is 2.88 bits per heavy atom. The molecule has 0 saturated carbocycles. The fourth-order valence-electron chi connectivity index (χ4n) is 4.63. The van der Waals surface area contributed by atoms with E-state index < -0.39 is 0 Å². The molecule has 3 aliphatic rings. The van der Waals surface area contributed by atoms with Gasteiger partial charge in [0.15, 0.2) is 5.96 Å². The number of likely N-dealkylation sites (tertiary alicyclic amines) is 2. The number of ether oxygens (including phenoxy) is 1. The molecule has 0 aliphatic carbocycles. The molecular formula is C19H36N4O. The minimum atomic E-state index is 0.395. The van der Waals surface area contributed by atoms with Crippen molar-refractivity contribution in [1.82, 2.24) is 15.1 Å². The van der Waals surface area contributed by atoms with Crippen LogP contribution < -0.4 is 5.32 Å². The zero-order valence-corrected chi connectivity index (χ0v) is 15.9. The molecule has 2 unspecified atom stereocenters. The van der Waals surface area contributed by atoms with Gasteiger partial charge in [-0.05, 0) is 38.1 Å². The number of nitrogens with zero attached hydrogens (tertiary/aromatic N) is 3. The molecule has 138 valence electrons. The normalized spacial score (nSPS) is 32.2. The molecule has 3 rings (SSSR count). The third-order valence-corrected chi connectivity index (χ3v) is 5.98. The smallest absolute Gasteiger partial charge is 0.193 e. The second kappa shape index (κ2) is 8.05. The Morgan fingerprint density at radius 2 is 2.17 bits per heavy atom. The van der Waals surface area contributed by atoms with Gasteiger partial charge in [-0.25, -0.2) is 0 Å². The van der Waals surface area contributed by atoms with Crippen LogP contribution in [0.2, 0.25) is 0 Å². The highest BCUT2D eigenvalue weighted by Gasteiger charge is 2.42. The molecule has 0 radical (unpaired) electrons. The van der Waals surface area contributed by atoms with E-state index in [1.54, 1.807) is 0 Å². The summed E-state index contributed by atoms with van der Waals surface area (Å²) in [7, 11) is 1.92. The summed E-state index contributed by atoms with van der Waals surface area (Å²) >= 11 is 0. The van der Waals surface area contributed by atoms with Crippen molar-refractivity contribution in [2.24, 2.45) is 16.3 Å². The van der Waals surface area contributed by atoms with Crippen molar-refractivity contribution in [2.75, 3.05) is 53.0 Å². The van der Waals surface area contributed by atoms with Gasteiger partial charge < -0.3 is 15.0 Å². The van der Waals surface area contributed by atoms with Crippen LogP contribution in [0, 0.1) is 11.3 Å². The minimum Gasteiger partial charge on any atom is -0.381 e. The summed E-state index contributed by atoms with van der Waals surface area (Å²) in [6.45, 7) is 12.2. The van der Waals surface area contributed by atoms with E-state index >= 15 is 0 Å². The molecule has 3 aliphatic heterocycles. The summed E-state index contributed by atoms with van der Waals surface area (Å²) in [5.74, 6) is 1.83. The second-order valence-electron chi connectivity index (χ2n) is 8.44. The first-order valence-corrected chi connectivity index (χ1v) is 9.89. The van der Waals surface area contributed by atoms with E-state index in [0.29, 0.717) is 11.5 Å². The monoisotopic (exact) mass is 336 g/mol. The van der Waals surface area contributed by atoms with Crippen molar-refractivity contribution in [3.63, 3.8) is 0 Å². The van der Waals surface area contributed by atoms with Crippen LogP contribution in [0.3, 0.4) is 0 Å². The molecule has 3 heterocycles. The molecule has 0 aromatic heterocycles. The van der Waals surface area contributed by atoms with E-state index in [9.17, 15) is 0 Å². The Bertz CT molecular complexity index is 431. The third kappa shape index (κ3) is 4.23. The van der Waals surface area contributed by atoms with E-state index in [4.69, 9.17) is 4.74 Å². The lowest BCUT2D eigenvalue weighted by Gasteiger charge is -2.37. The standard InChI is InChI=1S/C19H36N4O/c1-16(2)13-22-9-5-4-6-17(22)12-21-18(20-3)23-10-7-19(14-23)8-11-24-15-19/h16-17H,4-15H2,1-3H3,(H,20,21). The summed E-state index contributed by atoms with van der Waals surface area (Å²) in [5.41, 5.74) is 0.395. The third-order valence-electron chi connectivity index (χ3n) is 5.98. The average Bonchev–Trinajstić information content (AvgIpc) is 3.20. The first kappa shape index (κ1) is 18.0. The van der Waals surface area contributed by atoms with Gasteiger partial charge in [-0.1, -0.05) is 20.3 Å². The van der Waals surface area contributed by atoms with Gasteiger partial charge in [0.1, 0.15) is 0 Å². The Balaban J connectivity index is 1.52. The summed E-state index contributed by atoms with van der Waals surface area (Å²) < 4.78 is 5.66. The Morgan fingerprint density at radius 1 is 1.29 bits per heavy atom. The van der Waals surface area contributed by atoms with E-state index in [1.165, 1.54) is 45.2 Å². The lowest BCUT2D eigenvalue weighted by molar-refractivity contribution is 0.132. The van der Waals surface area contributed by atoms with Crippen molar-refractivity contribution in [1.29, 1.82) is 0 Å². The fourth-order valence-corrected chi connectivity index (χ4v) is 4.63. The molecule has 5 heteroatoms. The van der Waals surface area contributed by atoms with Crippen LogP contribution in [0.15, 0.2) is 4.99 Å². The molecule has 3 saturated heterocycles. The van der Waals surface area contributed by atoms with Gasteiger partial charge in [0.25, 0.3) is 0 Å². The number of hydrogen-bond donors (Lipinski definition) is 1. The van der Waals surface area contributed by atoms with Gasteiger partial charge in [0, 0.05) is 51.3 Å². The van der Waals surface area contributed by atoms with Crippen LogP contribution in [0.1, 0.15) is 46.0 Å². The molecular weight excluding hydrogens is 300 g/mol. The second-order valence-corrected chi connectivity index (χ2v) is 8.44. The van der Waals surface area contributed by atoms with Crippen LogP contribution in [-0.2, 0) is 4.74 Å². The molecule has 2 atom stereocenters. The molecule has 3 fully saturated rings. The minimum absolute atomic E-state index is 0.395. The van der Waals surface area contributed by atoms with Gasteiger partial charge in [0.2, 0.25) is 0 Å². The molecule has 24 heavy (non-hydrogen) atoms. The van der Waals surface area contributed by atoms with Crippen LogP contribution in [0.5, 0.6) is 0 Å². The fraction of sp³-hybridized carbons (Fsp3) is 0.947. The van der Waals surface area contributed by atoms with Gasteiger partial charge >= 0.3 is 0 Å². The molecule has 0 bridgehead atoms. The van der Waals surface area contributed by atoms with Gasteiger partial charge in [0.05, 0.1) is 6.61 Å². The molecule has 0 aromatic rings. The van der Waals surface area contributed by atoms with Gasteiger partial charge in [-0.2, -0.15) is 0 Å². The number of rotatable bonds is 4. The Hall–Kier alpha value is -0.810. The zero-order chi connectivity index (χ0) is 17.0. The first-order valence-electron chi connectivity index (χ1n) is 9.89. The van der Waals surface area contributed by atoms with Gasteiger partial charge in [-0.15, -0.1) is 0 Å². The predicted molar refractivity (Wildman–Crippen MR) is 99.5 cm³/mol. The molecule has 0 amide bonds.